The van der Waals surface area contributed by atoms with Gasteiger partial charge in [0.2, 0.25) is 10.0 Å². The number of nitro groups is 2. The van der Waals surface area contributed by atoms with E-state index in [4.69, 9.17) is 11.6 Å². The second-order valence-corrected chi connectivity index (χ2v) is 5.44. The van der Waals surface area contributed by atoms with E-state index in [2.05, 4.69) is 4.72 Å². The van der Waals surface area contributed by atoms with E-state index in [1.54, 1.807) is 0 Å². The topological polar surface area (TPSA) is 132 Å². The van der Waals surface area contributed by atoms with E-state index in [1.807, 2.05) is 0 Å². The Hall–Kier alpha value is -1.78. The first kappa shape index (κ1) is 15.3. The second kappa shape index (κ2) is 5.47. The molecule has 0 aromatic heterocycles. The van der Waals surface area contributed by atoms with Crippen LogP contribution >= 0.6 is 11.6 Å². The lowest BCUT2D eigenvalue weighted by molar-refractivity contribution is -0.394. The number of nitrogens with zero attached hydrogens (tertiary/aromatic N) is 2. The van der Waals surface area contributed by atoms with Crippen LogP contribution in [0.4, 0.5) is 11.4 Å². The molecule has 0 saturated heterocycles. The van der Waals surface area contributed by atoms with Gasteiger partial charge >= 0.3 is 0 Å². The molecule has 9 nitrogen and oxygen atoms in total. The van der Waals surface area contributed by atoms with Gasteiger partial charge in [0, 0.05) is 18.7 Å². The molecule has 0 aliphatic rings. The zero-order valence-electron chi connectivity index (χ0n) is 9.49. The Balaban J connectivity index is 3.61. The summed E-state index contributed by atoms with van der Waals surface area (Å²) in [6.45, 7) is 1.53. The summed E-state index contributed by atoms with van der Waals surface area (Å²) in [6.07, 6.45) is 0. The molecular formula is C8H8ClN3O6S. The summed E-state index contributed by atoms with van der Waals surface area (Å²) in [5.74, 6) is 0. The predicted octanol–water partition coefficient (Wildman–Crippen LogP) is 1.45. The number of benzene rings is 1. The van der Waals surface area contributed by atoms with Crippen molar-refractivity contribution < 1.29 is 18.3 Å². The van der Waals surface area contributed by atoms with Crippen molar-refractivity contribution in [1.82, 2.24) is 4.72 Å². The fourth-order valence-electron chi connectivity index (χ4n) is 1.26. The van der Waals surface area contributed by atoms with Crippen molar-refractivity contribution >= 4 is 33.0 Å². The number of nitro benzene ring substituents is 2. The average molecular weight is 310 g/mol. The van der Waals surface area contributed by atoms with Gasteiger partial charge in [0.05, 0.1) is 14.7 Å². The summed E-state index contributed by atoms with van der Waals surface area (Å²) in [4.78, 5) is 18.9. The lowest BCUT2D eigenvalue weighted by Crippen LogP contribution is -2.23. The minimum absolute atomic E-state index is 0.0343. The molecule has 0 aliphatic heterocycles. The lowest BCUT2D eigenvalue weighted by atomic mass is 10.3. The van der Waals surface area contributed by atoms with Crippen molar-refractivity contribution in [2.75, 3.05) is 6.54 Å². The van der Waals surface area contributed by atoms with Crippen LogP contribution in [0.2, 0.25) is 5.02 Å². The van der Waals surface area contributed by atoms with E-state index in [0.29, 0.717) is 12.1 Å². The molecule has 1 aromatic rings. The molecule has 11 heteroatoms. The van der Waals surface area contributed by atoms with Gasteiger partial charge in [-0.3, -0.25) is 20.2 Å². The smallest absolute Gasteiger partial charge is 0.258 e. The van der Waals surface area contributed by atoms with Gasteiger partial charge in [-0.2, -0.15) is 0 Å². The molecule has 0 bridgehead atoms. The normalized spacial score (nSPS) is 11.3. The molecule has 0 unspecified atom stereocenters. The fraction of sp³-hybridized carbons (Fsp3) is 0.250. The van der Waals surface area contributed by atoms with E-state index in [-0.39, 0.29) is 6.54 Å². The molecular weight excluding hydrogens is 302 g/mol. The number of rotatable bonds is 5. The van der Waals surface area contributed by atoms with E-state index >= 15 is 0 Å². The molecule has 0 radical (unpaired) electrons. The summed E-state index contributed by atoms with van der Waals surface area (Å²) in [5, 5.41) is 20.7. The quantitative estimate of drug-likeness (QED) is 0.646. The van der Waals surface area contributed by atoms with Gasteiger partial charge in [-0.15, -0.1) is 0 Å². The Labute approximate surface area is 112 Å². The number of nitrogens with one attached hydrogen (secondary N) is 1. The zero-order valence-corrected chi connectivity index (χ0v) is 11.1. The van der Waals surface area contributed by atoms with E-state index < -0.39 is 41.2 Å². The number of sulfonamides is 1. The van der Waals surface area contributed by atoms with Crippen LogP contribution < -0.4 is 4.72 Å². The minimum Gasteiger partial charge on any atom is -0.258 e. The Bertz CT molecular complexity index is 609. The van der Waals surface area contributed by atoms with Crippen molar-refractivity contribution in [3.05, 3.63) is 37.4 Å². The van der Waals surface area contributed by atoms with Crippen molar-refractivity contribution in [1.29, 1.82) is 0 Å². The van der Waals surface area contributed by atoms with Crippen LogP contribution in [0.15, 0.2) is 17.0 Å². The maximum absolute atomic E-state index is 11.7. The summed E-state index contributed by atoms with van der Waals surface area (Å²) in [5.41, 5.74) is -1.68. The zero-order chi connectivity index (χ0) is 14.8. The Kier molecular flexibility index (Phi) is 4.39. The molecule has 1 N–H and O–H groups in total. The first-order valence-corrected chi connectivity index (χ1v) is 6.68. The van der Waals surface area contributed by atoms with Crippen molar-refractivity contribution in [2.45, 2.75) is 11.8 Å². The molecule has 1 rings (SSSR count). The highest BCUT2D eigenvalue weighted by atomic mass is 35.5. The summed E-state index contributed by atoms with van der Waals surface area (Å²) >= 11 is 5.50. The van der Waals surface area contributed by atoms with Crippen LogP contribution in [0.3, 0.4) is 0 Å². The third kappa shape index (κ3) is 3.16. The van der Waals surface area contributed by atoms with Crippen LogP contribution in [-0.2, 0) is 10.0 Å². The first-order valence-electron chi connectivity index (χ1n) is 4.82. The maximum Gasteiger partial charge on any atom is 0.296 e. The second-order valence-electron chi connectivity index (χ2n) is 3.29. The van der Waals surface area contributed by atoms with Gasteiger partial charge in [-0.25, -0.2) is 13.1 Å². The number of hydrogen-bond donors (Lipinski definition) is 1. The molecule has 0 aliphatic carbocycles. The van der Waals surface area contributed by atoms with Crippen LogP contribution in [0.5, 0.6) is 0 Å². The maximum atomic E-state index is 11.7. The highest BCUT2D eigenvalue weighted by molar-refractivity contribution is 7.89. The van der Waals surface area contributed by atoms with Gasteiger partial charge in [-0.1, -0.05) is 18.5 Å². The molecule has 19 heavy (non-hydrogen) atoms. The van der Waals surface area contributed by atoms with Gasteiger partial charge in [0.25, 0.3) is 11.4 Å². The molecule has 0 fully saturated rings. The molecule has 0 saturated carbocycles. The van der Waals surface area contributed by atoms with Crippen molar-refractivity contribution in [2.24, 2.45) is 0 Å². The van der Waals surface area contributed by atoms with Gasteiger partial charge in [0.15, 0.2) is 5.02 Å². The largest absolute Gasteiger partial charge is 0.296 e. The van der Waals surface area contributed by atoms with Crippen LogP contribution in [0.1, 0.15) is 6.92 Å². The monoisotopic (exact) mass is 309 g/mol. The molecule has 1 aromatic carbocycles. The average Bonchev–Trinajstić information content (AvgIpc) is 2.27. The minimum atomic E-state index is -4.06. The van der Waals surface area contributed by atoms with E-state index in [9.17, 15) is 28.6 Å². The SMILES string of the molecule is CCNS(=O)(=O)c1cc([N+](=O)[O-])c(Cl)c([N+](=O)[O-])c1. The summed E-state index contributed by atoms with van der Waals surface area (Å²) < 4.78 is 25.5. The Morgan fingerprint density at radius 1 is 1.21 bits per heavy atom. The van der Waals surface area contributed by atoms with E-state index in [0.717, 1.165) is 0 Å². The highest BCUT2D eigenvalue weighted by Gasteiger charge is 2.29. The van der Waals surface area contributed by atoms with Crippen LogP contribution in [0, 0.1) is 20.2 Å². The summed E-state index contributed by atoms with van der Waals surface area (Å²) in [6, 6.07) is 1.35. The number of halogens is 1. The van der Waals surface area contributed by atoms with Crippen molar-refractivity contribution in [3.8, 4) is 0 Å². The standard InChI is InChI=1S/C8H8ClN3O6S/c1-2-10-19(17,18)5-3-6(11(13)14)8(9)7(4-5)12(15)16/h3-4,10H,2H2,1H3. The molecule has 0 heterocycles. The first-order chi connectivity index (χ1) is 8.70. The van der Waals surface area contributed by atoms with Crippen molar-refractivity contribution in [3.63, 3.8) is 0 Å². The highest BCUT2D eigenvalue weighted by Crippen LogP contribution is 2.36. The van der Waals surface area contributed by atoms with Gasteiger partial charge in [0.1, 0.15) is 0 Å². The van der Waals surface area contributed by atoms with E-state index in [1.165, 1.54) is 6.92 Å². The van der Waals surface area contributed by atoms with Gasteiger partial charge < -0.3 is 0 Å². The molecule has 0 spiro atoms. The molecule has 0 atom stereocenters. The van der Waals surface area contributed by atoms with Gasteiger partial charge in [-0.05, 0) is 0 Å². The molecule has 104 valence electrons. The Morgan fingerprint density at radius 3 is 1.95 bits per heavy atom. The Morgan fingerprint density at radius 2 is 1.63 bits per heavy atom. The predicted molar refractivity (Wildman–Crippen MR) is 65.6 cm³/mol. The number of hydrogen-bond acceptors (Lipinski definition) is 6. The van der Waals surface area contributed by atoms with Crippen LogP contribution in [-0.4, -0.2) is 24.8 Å². The third-order valence-corrected chi connectivity index (χ3v) is 3.96. The fourth-order valence-corrected chi connectivity index (χ4v) is 2.59. The molecule has 0 amide bonds. The lowest BCUT2D eigenvalue weighted by Gasteiger charge is -2.05. The third-order valence-electron chi connectivity index (χ3n) is 2.05. The van der Waals surface area contributed by atoms with Crippen LogP contribution in [0.25, 0.3) is 0 Å². The summed E-state index contributed by atoms with van der Waals surface area (Å²) in [7, 11) is -4.06.